The molecule has 0 aromatic heterocycles. The number of piperidine rings is 1. The lowest BCUT2D eigenvalue weighted by molar-refractivity contribution is -0.137. The van der Waals surface area contributed by atoms with Crippen LogP contribution in [-0.4, -0.2) is 48.7 Å². The average molecular weight is 305 g/mol. The number of carboxylic acids is 1. The first kappa shape index (κ1) is 16.1. The van der Waals surface area contributed by atoms with Crippen molar-refractivity contribution < 1.29 is 14.7 Å². The minimum absolute atomic E-state index is 0.0578. The molecule has 1 fully saturated rings. The molecule has 1 saturated heterocycles. The van der Waals surface area contributed by atoms with Crippen LogP contribution in [0.5, 0.6) is 0 Å². The monoisotopic (exact) mass is 305 g/mol. The van der Waals surface area contributed by atoms with Crippen LogP contribution in [0.2, 0.25) is 0 Å². The number of para-hydroxylation sites is 2. The highest BCUT2D eigenvalue weighted by molar-refractivity contribution is 5.93. The number of hydrogen-bond donors (Lipinski definition) is 2. The maximum absolute atomic E-state index is 12.2. The van der Waals surface area contributed by atoms with Crippen molar-refractivity contribution in [3.63, 3.8) is 0 Å². The minimum Gasteiger partial charge on any atom is -0.481 e. The Morgan fingerprint density at radius 2 is 1.91 bits per heavy atom. The molecule has 2 rings (SSSR count). The number of rotatable bonds is 5. The number of nitrogens with one attached hydrogen (secondary N) is 1. The lowest BCUT2D eigenvalue weighted by Crippen LogP contribution is -2.34. The van der Waals surface area contributed by atoms with Crippen molar-refractivity contribution in [3.05, 3.63) is 24.3 Å². The van der Waals surface area contributed by atoms with Crippen molar-refractivity contribution >= 4 is 23.4 Å². The molecular weight excluding hydrogens is 282 g/mol. The Bertz CT molecular complexity index is 527. The molecule has 0 spiro atoms. The minimum atomic E-state index is -0.909. The summed E-state index contributed by atoms with van der Waals surface area (Å²) in [7, 11) is 1.60. The predicted octanol–water partition coefficient (Wildman–Crippen LogP) is 2.62. The molecule has 0 bridgehead atoms. The van der Waals surface area contributed by atoms with Gasteiger partial charge >= 0.3 is 12.0 Å². The number of hydrogen-bond acceptors (Lipinski definition) is 3. The summed E-state index contributed by atoms with van der Waals surface area (Å²) in [5.41, 5.74) is 1.80. The van der Waals surface area contributed by atoms with E-state index in [1.807, 2.05) is 24.3 Å². The van der Waals surface area contributed by atoms with Crippen LogP contribution in [0.25, 0.3) is 0 Å². The zero-order chi connectivity index (χ0) is 15.9. The van der Waals surface area contributed by atoms with Gasteiger partial charge in [-0.05, 0) is 31.4 Å². The van der Waals surface area contributed by atoms with Gasteiger partial charge in [-0.15, -0.1) is 0 Å². The molecule has 2 amide bonds. The lowest BCUT2D eigenvalue weighted by Gasteiger charge is -2.31. The Kier molecular flexibility index (Phi) is 5.63. The van der Waals surface area contributed by atoms with Crippen LogP contribution >= 0.6 is 0 Å². The van der Waals surface area contributed by atoms with E-state index in [4.69, 9.17) is 5.11 Å². The number of carboxylic acid groups (broad SMARTS) is 1. The average Bonchev–Trinajstić information content (AvgIpc) is 2.53. The number of nitrogens with zero attached hydrogens (tertiary/aromatic N) is 2. The molecule has 1 aliphatic rings. The zero-order valence-corrected chi connectivity index (χ0v) is 12.9. The molecule has 0 atom stereocenters. The molecule has 0 radical (unpaired) electrons. The van der Waals surface area contributed by atoms with Crippen molar-refractivity contribution in [2.75, 3.05) is 36.9 Å². The van der Waals surface area contributed by atoms with Gasteiger partial charge in [0, 0.05) is 26.7 Å². The van der Waals surface area contributed by atoms with E-state index >= 15 is 0 Å². The van der Waals surface area contributed by atoms with Gasteiger partial charge in [-0.1, -0.05) is 12.1 Å². The largest absolute Gasteiger partial charge is 0.481 e. The lowest BCUT2D eigenvalue weighted by atomic mass is 10.1. The number of amides is 2. The predicted molar refractivity (Wildman–Crippen MR) is 86.4 cm³/mol. The van der Waals surface area contributed by atoms with E-state index in [1.165, 1.54) is 24.2 Å². The topological polar surface area (TPSA) is 72.9 Å². The van der Waals surface area contributed by atoms with Gasteiger partial charge in [-0.2, -0.15) is 0 Å². The van der Waals surface area contributed by atoms with Crippen LogP contribution in [0.1, 0.15) is 25.7 Å². The summed E-state index contributed by atoms with van der Waals surface area (Å²) in [4.78, 5) is 26.4. The molecule has 2 N–H and O–H groups in total. The van der Waals surface area contributed by atoms with Crippen LogP contribution in [0.4, 0.5) is 16.2 Å². The van der Waals surface area contributed by atoms with Gasteiger partial charge in [-0.3, -0.25) is 4.79 Å². The van der Waals surface area contributed by atoms with E-state index in [1.54, 1.807) is 7.05 Å². The number of carbonyl (C=O) groups excluding carboxylic acids is 1. The van der Waals surface area contributed by atoms with E-state index in [9.17, 15) is 9.59 Å². The summed E-state index contributed by atoms with van der Waals surface area (Å²) in [5, 5.41) is 11.6. The standard InChI is InChI=1S/C16H23N3O3/c1-18(12-9-15(20)21)16(22)17-13-7-3-4-8-14(13)19-10-5-2-6-11-19/h3-4,7-8H,2,5-6,9-12H2,1H3,(H,17,22)(H,20,21). The maximum Gasteiger partial charge on any atom is 0.321 e. The Balaban J connectivity index is 2.02. The van der Waals surface area contributed by atoms with Crippen LogP contribution in [0.15, 0.2) is 24.3 Å². The third-order valence-corrected chi connectivity index (χ3v) is 3.85. The molecule has 6 nitrogen and oxygen atoms in total. The van der Waals surface area contributed by atoms with Crippen molar-refractivity contribution in [2.45, 2.75) is 25.7 Å². The van der Waals surface area contributed by atoms with E-state index in [0.717, 1.165) is 24.5 Å². The summed E-state index contributed by atoms with van der Waals surface area (Å²) >= 11 is 0. The first-order chi connectivity index (χ1) is 10.6. The molecule has 1 aliphatic heterocycles. The second kappa shape index (κ2) is 7.68. The van der Waals surface area contributed by atoms with Gasteiger partial charge < -0.3 is 20.2 Å². The highest BCUT2D eigenvalue weighted by atomic mass is 16.4. The molecular formula is C16H23N3O3. The summed E-state index contributed by atoms with van der Waals surface area (Å²) in [6.07, 6.45) is 3.53. The summed E-state index contributed by atoms with van der Waals surface area (Å²) in [6, 6.07) is 7.46. The second-order valence-electron chi connectivity index (χ2n) is 5.56. The normalized spacial score (nSPS) is 14.5. The highest BCUT2D eigenvalue weighted by Crippen LogP contribution is 2.28. The number of urea groups is 1. The molecule has 6 heteroatoms. The van der Waals surface area contributed by atoms with E-state index in [0.29, 0.717) is 0 Å². The second-order valence-corrected chi connectivity index (χ2v) is 5.56. The smallest absolute Gasteiger partial charge is 0.321 e. The van der Waals surface area contributed by atoms with Gasteiger partial charge in [0.25, 0.3) is 0 Å². The van der Waals surface area contributed by atoms with Crippen molar-refractivity contribution in [2.24, 2.45) is 0 Å². The molecule has 1 heterocycles. The number of benzene rings is 1. The maximum atomic E-state index is 12.2. The van der Waals surface area contributed by atoms with E-state index in [-0.39, 0.29) is 19.0 Å². The summed E-state index contributed by atoms with van der Waals surface area (Å²) in [6.45, 7) is 2.19. The van der Waals surface area contributed by atoms with Crippen LogP contribution in [0, 0.1) is 0 Å². The SMILES string of the molecule is CN(CCC(=O)O)C(=O)Nc1ccccc1N1CCCCC1. The molecule has 1 aromatic carbocycles. The molecule has 0 unspecified atom stereocenters. The third kappa shape index (κ3) is 4.38. The van der Waals surface area contributed by atoms with Crippen LogP contribution < -0.4 is 10.2 Å². The van der Waals surface area contributed by atoms with E-state index in [2.05, 4.69) is 10.2 Å². The Morgan fingerprint density at radius 3 is 2.59 bits per heavy atom. The van der Waals surface area contributed by atoms with Gasteiger partial charge in [0.05, 0.1) is 17.8 Å². The van der Waals surface area contributed by atoms with E-state index < -0.39 is 5.97 Å². The van der Waals surface area contributed by atoms with Gasteiger partial charge in [-0.25, -0.2) is 4.79 Å². The van der Waals surface area contributed by atoms with Crippen LogP contribution in [0.3, 0.4) is 0 Å². The molecule has 22 heavy (non-hydrogen) atoms. The fraction of sp³-hybridized carbons (Fsp3) is 0.500. The first-order valence-electron chi connectivity index (χ1n) is 7.66. The van der Waals surface area contributed by atoms with Gasteiger partial charge in [0.1, 0.15) is 0 Å². The molecule has 120 valence electrons. The Morgan fingerprint density at radius 1 is 1.23 bits per heavy atom. The summed E-state index contributed by atoms with van der Waals surface area (Å²) < 4.78 is 0. The van der Waals surface area contributed by atoms with Crippen LogP contribution in [-0.2, 0) is 4.79 Å². The highest BCUT2D eigenvalue weighted by Gasteiger charge is 2.17. The zero-order valence-electron chi connectivity index (χ0n) is 12.9. The Labute approximate surface area is 130 Å². The van der Waals surface area contributed by atoms with Crippen molar-refractivity contribution in [1.29, 1.82) is 0 Å². The number of carbonyl (C=O) groups is 2. The first-order valence-corrected chi connectivity index (χ1v) is 7.66. The summed E-state index contributed by atoms with van der Waals surface area (Å²) in [5.74, 6) is -0.909. The quantitative estimate of drug-likeness (QED) is 0.877. The molecule has 1 aromatic rings. The van der Waals surface area contributed by atoms with Gasteiger partial charge in [0.15, 0.2) is 0 Å². The van der Waals surface area contributed by atoms with Gasteiger partial charge in [0.2, 0.25) is 0 Å². The van der Waals surface area contributed by atoms with Crippen molar-refractivity contribution in [1.82, 2.24) is 4.90 Å². The molecule has 0 aliphatic carbocycles. The molecule has 0 saturated carbocycles. The number of anilines is 2. The van der Waals surface area contributed by atoms with Crippen molar-refractivity contribution in [3.8, 4) is 0 Å². The fourth-order valence-corrected chi connectivity index (χ4v) is 2.57. The third-order valence-electron chi connectivity index (χ3n) is 3.85. The Hall–Kier alpha value is -2.24. The number of aliphatic carboxylic acids is 1. The fourth-order valence-electron chi connectivity index (χ4n) is 2.57.